The van der Waals surface area contributed by atoms with Crippen LogP contribution in [0.15, 0.2) is 55.1 Å². The Kier molecular flexibility index (Phi) is 5.92. The maximum absolute atomic E-state index is 14.0. The lowest BCUT2D eigenvalue weighted by Crippen LogP contribution is -2.49. The zero-order valence-electron chi connectivity index (χ0n) is 17.2. The second kappa shape index (κ2) is 8.95. The summed E-state index contributed by atoms with van der Waals surface area (Å²) in [5, 5.41) is 2.74. The minimum Gasteiger partial charge on any atom is -0.366 e. The number of nitrogens with one attached hydrogen (secondary N) is 1. The molecule has 0 atom stereocenters. The van der Waals surface area contributed by atoms with Crippen molar-refractivity contribution in [1.29, 1.82) is 0 Å². The summed E-state index contributed by atoms with van der Waals surface area (Å²) in [4.78, 5) is 36.5. The van der Waals surface area contributed by atoms with E-state index in [1.165, 1.54) is 12.4 Å². The van der Waals surface area contributed by atoms with E-state index in [1.54, 1.807) is 59.1 Å². The summed E-state index contributed by atoms with van der Waals surface area (Å²) < 4.78 is 15.7. The normalized spacial score (nSPS) is 13.9. The van der Waals surface area contributed by atoms with Crippen molar-refractivity contribution in [2.45, 2.75) is 13.3 Å². The van der Waals surface area contributed by atoms with E-state index >= 15 is 0 Å². The van der Waals surface area contributed by atoms with Crippen molar-refractivity contribution in [3.05, 3.63) is 66.6 Å². The van der Waals surface area contributed by atoms with E-state index < -0.39 is 0 Å². The smallest absolute Gasteiger partial charge is 0.274 e. The van der Waals surface area contributed by atoms with Gasteiger partial charge in [0.2, 0.25) is 5.91 Å². The number of anilines is 2. The van der Waals surface area contributed by atoms with Crippen molar-refractivity contribution in [3.63, 3.8) is 0 Å². The number of carbonyl (C=O) groups is 2. The Morgan fingerprint density at radius 3 is 2.52 bits per heavy atom. The predicted octanol–water partition coefficient (Wildman–Crippen LogP) is 2.72. The number of amides is 2. The van der Waals surface area contributed by atoms with Crippen LogP contribution in [0, 0.1) is 5.82 Å². The highest BCUT2D eigenvalue weighted by molar-refractivity contribution is 5.92. The molecule has 8 nitrogen and oxygen atoms in total. The fraction of sp³-hybridized carbons (Fsp3) is 0.273. The van der Waals surface area contributed by atoms with Gasteiger partial charge in [-0.3, -0.25) is 14.2 Å². The van der Waals surface area contributed by atoms with E-state index in [9.17, 15) is 14.0 Å². The zero-order chi connectivity index (χ0) is 21.8. The Hall–Kier alpha value is -3.75. The summed E-state index contributed by atoms with van der Waals surface area (Å²) in [5.41, 5.74) is 1.49. The highest BCUT2D eigenvalue weighted by Gasteiger charge is 2.25. The molecule has 0 saturated carbocycles. The van der Waals surface area contributed by atoms with E-state index in [0.717, 1.165) is 0 Å². The van der Waals surface area contributed by atoms with Gasteiger partial charge in [-0.25, -0.2) is 14.4 Å². The second-order valence-corrected chi connectivity index (χ2v) is 7.20. The third-order valence-corrected chi connectivity index (χ3v) is 5.18. The molecule has 1 aromatic carbocycles. The molecule has 9 heteroatoms. The maximum atomic E-state index is 14.0. The van der Waals surface area contributed by atoms with Gasteiger partial charge in [0.25, 0.3) is 5.91 Å². The number of benzene rings is 1. The minimum absolute atomic E-state index is 0.0832. The molecule has 160 valence electrons. The monoisotopic (exact) mass is 422 g/mol. The summed E-state index contributed by atoms with van der Waals surface area (Å²) in [6, 6.07) is 10.2. The maximum Gasteiger partial charge on any atom is 0.274 e. The number of pyridine rings is 1. The summed E-state index contributed by atoms with van der Waals surface area (Å²) >= 11 is 0. The van der Waals surface area contributed by atoms with Crippen molar-refractivity contribution >= 4 is 23.2 Å². The number of aromatic nitrogens is 3. The van der Waals surface area contributed by atoms with Gasteiger partial charge in [0.05, 0.1) is 17.6 Å². The SMILES string of the molecule is CCC(=O)Nc1ccc(-n2cnc(C(=O)N3CCN(c4ccccc4F)CC3)c2)nc1. The van der Waals surface area contributed by atoms with Crippen LogP contribution in [0.3, 0.4) is 0 Å². The number of nitrogens with zero attached hydrogens (tertiary/aromatic N) is 5. The van der Waals surface area contributed by atoms with Crippen LogP contribution < -0.4 is 10.2 Å². The second-order valence-electron chi connectivity index (χ2n) is 7.20. The highest BCUT2D eigenvalue weighted by atomic mass is 19.1. The van der Waals surface area contributed by atoms with Gasteiger partial charge in [-0.1, -0.05) is 19.1 Å². The summed E-state index contributed by atoms with van der Waals surface area (Å²) in [6.45, 7) is 3.87. The molecule has 3 heterocycles. The topological polar surface area (TPSA) is 83.4 Å². The Bertz CT molecular complexity index is 1070. The summed E-state index contributed by atoms with van der Waals surface area (Å²) in [6.07, 6.45) is 5.13. The largest absolute Gasteiger partial charge is 0.366 e. The third kappa shape index (κ3) is 4.55. The first-order valence-corrected chi connectivity index (χ1v) is 10.1. The number of halogens is 1. The molecule has 1 saturated heterocycles. The molecule has 0 spiro atoms. The van der Waals surface area contributed by atoms with Crippen LogP contribution in [0.25, 0.3) is 5.82 Å². The van der Waals surface area contributed by atoms with Crippen LogP contribution in [0.4, 0.5) is 15.8 Å². The van der Waals surface area contributed by atoms with Crippen molar-refractivity contribution in [2.24, 2.45) is 0 Å². The van der Waals surface area contributed by atoms with E-state index in [1.807, 2.05) is 4.90 Å². The summed E-state index contributed by atoms with van der Waals surface area (Å²) in [7, 11) is 0. The number of hydrogen-bond donors (Lipinski definition) is 1. The van der Waals surface area contributed by atoms with Crippen molar-refractivity contribution in [3.8, 4) is 5.82 Å². The van der Waals surface area contributed by atoms with Crippen LogP contribution in [0.2, 0.25) is 0 Å². The van der Waals surface area contributed by atoms with Gasteiger partial charge in [0, 0.05) is 38.8 Å². The number of hydrogen-bond acceptors (Lipinski definition) is 5. The van der Waals surface area contributed by atoms with E-state index in [0.29, 0.717) is 55.5 Å². The number of carbonyl (C=O) groups excluding carboxylic acids is 2. The molecule has 1 aliphatic rings. The average molecular weight is 422 g/mol. The quantitative estimate of drug-likeness (QED) is 0.684. The van der Waals surface area contributed by atoms with Crippen molar-refractivity contribution in [2.75, 3.05) is 36.4 Å². The van der Waals surface area contributed by atoms with Gasteiger partial charge in [0.1, 0.15) is 23.7 Å². The van der Waals surface area contributed by atoms with Crippen LogP contribution >= 0.6 is 0 Å². The first kappa shape index (κ1) is 20.5. The van der Waals surface area contributed by atoms with Crippen LogP contribution in [-0.2, 0) is 4.79 Å². The first-order valence-electron chi connectivity index (χ1n) is 10.1. The molecule has 3 aromatic rings. The molecule has 0 bridgehead atoms. The van der Waals surface area contributed by atoms with Crippen molar-refractivity contribution in [1.82, 2.24) is 19.4 Å². The fourth-order valence-electron chi connectivity index (χ4n) is 3.44. The molecule has 0 aliphatic carbocycles. The third-order valence-electron chi connectivity index (χ3n) is 5.18. The molecule has 1 aliphatic heterocycles. The summed E-state index contributed by atoms with van der Waals surface area (Å²) in [5.74, 6) is 0.0816. The van der Waals surface area contributed by atoms with Gasteiger partial charge in [-0.15, -0.1) is 0 Å². The number of imidazole rings is 1. The van der Waals surface area contributed by atoms with E-state index in [-0.39, 0.29) is 17.6 Å². The first-order chi connectivity index (χ1) is 15.0. The zero-order valence-corrected chi connectivity index (χ0v) is 17.2. The Morgan fingerprint density at radius 2 is 1.84 bits per heavy atom. The fourth-order valence-corrected chi connectivity index (χ4v) is 3.44. The minimum atomic E-state index is -0.256. The van der Waals surface area contributed by atoms with Crippen LogP contribution in [-0.4, -0.2) is 57.4 Å². The molecule has 2 aromatic heterocycles. The molecule has 1 fully saturated rings. The van der Waals surface area contributed by atoms with Gasteiger partial charge < -0.3 is 15.1 Å². The van der Waals surface area contributed by atoms with Gasteiger partial charge >= 0.3 is 0 Å². The van der Waals surface area contributed by atoms with E-state index in [2.05, 4.69) is 15.3 Å². The molecular formula is C22H23FN6O2. The van der Waals surface area contributed by atoms with Crippen LogP contribution in [0.5, 0.6) is 0 Å². The van der Waals surface area contributed by atoms with Crippen LogP contribution in [0.1, 0.15) is 23.8 Å². The average Bonchev–Trinajstić information content (AvgIpc) is 3.30. The number of rotatable bonds is 5. The van der Waals surface area contributed by atoms with Crippen molar-refractivity contribution < 1.29 is 14.0 Å². The molecule has 0 radical (unpaired) electrons. The Morgan fingerprint density at radius 1 is 1.06 bits per heavy atom. The highest BCUT2D eigenvalue weighted by Crippen LogP contribution is 2.21. The molecular weight excluding hydrogens is 399 g/mol. The molecule has 31 heavy (non-hydrogen) atoms. The molecule has 2 amide bonds. The molecule has 1 N–H and O–H groups in total. The lowest BCUT2D eigenvalue weighted by Gasteiger charge is -2.35. The van der Waals surface area contributed by atoms with Gasteiger partial charge in [0.15, 0.2) is 0 Å². The van der Waals surface area contributed by atoms with Gasteiger partial charge in [-0.2, -0.15) is 0 Å². The lowest BCUT2D eigenvalue weighted by molar-refractivity contribution is -0.115. The number of piperazine rings is 1. The Labute approximate surface area is 179 Å². The van der Waals surface area contributed by atoms with Gasteiger partial charge in [-0.05, 0) is 24.3 Å². The Balaban J connectivity index is 1.39. The lowest BCUT2D eigenvalue weighted by atomic mass is 10.2. The van der Waals surface area contributed by atoms with E-state index in [4.69, 9.17) is 0 Å². The molecule has 4 rings (SSSR count). The molecule has 0 unspecified atom stereocenters. The predicted molar refractivity (Wildman–Crippen MR) is 115 cm³/mol. The standard InChI is InChI=1S/C22H23FN6O2/c1-2-21(30)26-16-7-8-20(24-13-16)29-14-18(25-15-29)22(31)28-11-9-27(10-12-28)19-6-4-3-5-17(19)23/h3-8,13-15H,2,9-12H2,1H3,(H,26,30). The number of para-hydroxylation sites is 1.